The lowest BCUT2D eigenvalue weighted by Gasteiger charge is -2.23. The maximum atomic E-state index is 11.6. The van der Waals surface area contributed by atoms with Crippen LogP contribution >= 0.6 is 0 Å². The maximum Gasteiger partial charge on any atom is 0.307 e. The van der Waals surface area contributed by atoms with Crippen molar-refractivity contribution in [3.8, 4) is 11.4 Å². The fourth-order valence-electron chi connectivity index (χ4n) is 2.54. The lowest BCUT2D eigenvalue weighted by molar-refractivity contribution is -0.141. The van der Waals surface area contributed by atoms with Gasteiger partial charge in [0.05, 0.1) is 19.2 Å². The number of rotatable bonds is 8. The number of aromatic nitrogens is 2. The summed E-state index contributed by atoms with van der Waals surface area (Å²) in [6.07, 6.45) is 4.82. The monoisotopic (exact) mass is 331 g/mol. The van der Waals surface area contributed by atoms with Crippen molar-refractivity contribution in [3.63, 3.8) is 0 Å². The van der Waals surface area contributed by atoms with Crippen LogP contribution in [0.5, 0.6) is 5.75 Å². The SMILES string of the molecule is CC[C@H](C)[C@@H](CC(=O)OC)NCc1cc(-n2cccn2)ccc1O. The van der Waals surface area contributed by atoms with Crippen LogP contribution in [0.3, 0.4) is 0 Å². The Hall–Kier alpha value is -2.34. The highest BCUT2D eigenvalue weighted by atomic mass is 16.5. The number of benzene rings is 1. The number of esters is 1. The third kappa shape index (κ3) is 4.58. The Morgan fingerprint density at radius 1 is 1.46 bits per heavy atom. The number of carbonyl (C=O) groups is 1. The fraction of sp³-hybridized carbons (Fsp3) is 0.444. The molecule has 0 fully saturated rings. The Morgan fingerprint density at radius 2 is 2.25 bits per heavy atom. The van der Waals surface area contributed by atoms with E-state index < -0.39 is 0 Å². The molecule has 2 N–H and O–H groups in total. The Labute approximate surface area is 142 Å². The minimum Gasteiger partial charge on any atom is -0.508 e. The first kappa shape index (κ1) is 18.0. The van der Waals surface area contributed by atoms with Crippen LogP contribution in [-0.2, 0) is 16.1 Å². The molecular weight excluding hydrogens is 306 g/mol. The number of hydrogen-bond donors (Lipinski definition) is 2. The van der Waals surface area contributed by atoms with Gasteiger partial charge in [0.2, 0.25) is 0 Å². The first-order chi connectivity index (χ1) is 11.5. The minimum absolute atomic E-state index is 0.00444. The van der Waals surface area contributed by atoms with Gasteiger partial charge in [-0.2, -0.15) is 5.10 Å². The third-order valence-electron chi connectivity index (χ3n) is 4.33. The molecule has 130 valence electrons. The predicted octanol–water partition coefficient (Wildman–Crippen LogP) is 2.65. The highest BCUT2D eigenvalue weighted by Gasteiger charge is 2.20. The predicted molar refractivity (Wildman–Crippen MR) is 91.9 cm³/mol. The number of ether oxygens (including phenoxy) is 1. The molecule has 0 aliphatic heterocycles. The van der Waals surface area contributed by atoms with Gasteiger partial charge in [0.15, 0.2) is 0 Å². The lowest BCUT2D eigenvalue weighted by Crippen LogP contribution is -2.36. The van der Waals surface area contributed by atoms with Gasteiger partial charge >= 0.3 is 5.97 Å². The third-order valence-corrected chi connectivity index (χ3v) is 4.33. The molecule has 0 saturated heterocycles. The van der Waals surface area contributed by atoms with E-state index >= 15 is 0 Å². The highest BCUT2D eigenvalue weighted by Crippen LogP contribution is 2.21. The van der Waals surface area contributed by atoms with Crippen molar-refractivity contribution < 1.29 is 14.6 Å². The summed E-state index contributed by atoms with van der Waals surface area (Å²) in [6, 6.07) is 7.20. The van der Waals surface area contributed by atoms with E-state index in [1.165, 1.54) is 7.11 Å². The van der Waals surface area contributed by atoms with Crippen molar-refractivity contribution in [3.05, 3.63) is 42.2 Å². The molecule has 2 rings (SSSR count). The number of carbonyl (C=O) groups excluding carboxylic acids is 1. The Kier molecular flexibility index (Phi) is 6.37. The number of phenolic OH excluding ortho intramolecular Hbond substituents is 1. The molecule has 0 spiro atoms. The van der Waals surface area contributed by atoms with Crippen LogP contribution < -0.4 is 5.32 Å². The standard InChI is InChI=1S/C18H25N3O3/c1-4-13(2)16(11-18(23)24-3)19-12-14-10-15(6-7-17(14)22)21-9-5-8-20-21/h5-10,13,16,19,22H,4,11-12H2,1-3H3/t13-,16+/m0/s1. The molecule has 0 amide bonds. The largest absolute Gasteiger partial charge is 0.508 e. The topological polar surface area (TPSA) is 76.4 Å². The number of nitrogens with zero attached hydrogens (tertiary/aromatic N) is 2. The molecule has 6 nitrogen and oxygen atoms in total. The summed E-state index contributed by atoms with van der Waals surface area (Å²) in [7, 11) is 1.40. The molecule has 24 heavy (non-hydrogen) atoms. The number of aromatic hydroxyl groups is 1. The van der Waals surface area contributed by atoms with Gasteiger partial charge in [-0.25, -0.2) is 4.68 Å². The molecule has 0 aliphatic carbocycles. The molecule has 0 radical (unpaired) electrons. The van der Waals surface area contributed by atoms with Gasteiger partial charge in [0, 0.05) is 30.5 Å². The molecule has 1 aromatic carbocycles. The summed E-state index contributed by atoms with van der Waals surface area (Å²) in [4.78, 5) is 11.6. The van der Waals surface area contributed by atoms with Gasteiger partial charge in [-0.3, -0.25) is 4.79 Å². The second-order valence-corrected chi connectivity index (χ2v) is 5.92. The molecule has 0 bridgehead atoms. The highest BCUT2D eigenvalue weighted by molar-refractivity contribution is 5.69. The smallest absolute Gasteiger partial charge is 0.307 e. The molecule has 0 aliphatic rings. The second-order valence-electron chi connectivity index (χ2n) is 5.92. The van der Waals surface area contributed by atoms with Gasteiger partial charge in [-0.05, 0) is 30.2 Å². The van der Waals surface area contributed by atoms with Crippen LogP contribution in [0.25, 0.3) is 5.69 Å². The Bertz CT molecular complexity index is 656. The van der Waals surface area contributed by atoms with E-state index in [1.54, 1.807) is 16.9 Å². The van der Waals surface area contributed by atoms with E-state index in [-0.39, 0.29) is 17.8 Å². The molecule has 1 aromatic heterocycles. The summed E-state index contributed by atoms with van der Waals surface area (Å²) >= 11 is 0. The molecule has 6 heteroatoms. The molecule has 2 atom stereocenters. The summed E-state index contributed by atoms with van der Waals surface area (Å²) in [5.74, 6) is 0.308. The van der Waals surface area contributed by atoms with Gasteiger partial charge in [-0.15, -0.1) is 0 Å². The van der Waals surface area contributed by atoms with Crippen LogP contribution in [0.2, 0.25) is 0 Å². The first-order valence-electron chi connectivity index (χ1n) is 8.17. The van der Waals surface area contributed by atoms with Crippen molar-refractivity contribution in [2.45, 2.75) is 39.3 Å². The van der Waals surface area contributed by atoms with Crippen molar-refractivity contribution in [2.24, 2.45) is 5.92 Å². The normalized spacial score (nSPS) is 13.5. The van der Waals surface area contributed by atoms with Crippen LogP contribution in [0, 0.1) is 5.92 Å². The van der Waals surface area contributed by atoms with Crippen LogP contribution in [-0.4, -0.2) is 34.0 Å². The summed E-state index contributed by atoms with van der Waals surface area (Å²) in [6.45, 7) is 4.65. The van der Waals surface area contributed by atoms with E-state index in [0.29, 0.717) is 18.9 Å². The summed E-state index contributed by atoms with van der Waals surface area (Å²) < 4.78 is 6.52. The van der Waals surface area contributed by atoms with Crippen molar-refractivity contribution in [1.82, 2.24) is 15.1 Å². The van der Waals surface area contributed by atoms with Crippen molar-refractivity contribution in [2.75, 3.05) is 7.11 Å². The number of phenols is 1. The van der Waals surface area contributed by atoms with E-state index in [2.05, 4.69) is 24.3 Å². The van der Waals surface area contributed by atoms with Gasteiger partial charge in [0.25, 0.3) is 0 Å². The lowest BCUT2D eigenvalue weighted by atomic mass is 9.96. The molecule has 0 unspecified atom stereocenters. The average molecular weight is 331 g/mol. The number of hydrogen-bond acceptors (Lipinski definition) is 5. The van der Waals surface area contributed by atoms with E-state index in [4.69, 9.17) is 4.74 Å². The van der Waals surface area contributed by atoms with E-state index in [9.17, 15) is 9.90 Å². The fourth-order valence-corrected chi connectivity index (χ4v) is 2.54. The zero-order valence-electron chi connectivity index (χ0n) is 14.4. The minimum atomic E-state index is -0.234. The maximum absolute atomic E-state index is 11.6. The quantitative estimate of drug-likeness (QED) is 0.727. The number of nitrogens with one attached hydrogen (secondary N) is 1. The zero-order valence-corrected chi connectivity index (χ0v) is 14.4. The first-order valence-corrected chi connectivity index (χ1v) is 8.17. The van der Waals surface area contributed by atoms with Crippen molar-refractivity contribution in [1.29, 1.82) is 0 Å². The average Bonchev–Trinajstić information content (AvgIpc) is 3.13. The van der Waals surface area contributed by atoms with Crippen molar-refractivity contribution >= 4 is 5.97 Å². The zero-order chi connectivity index (χ0) is 17.5. The molecule has 2 aromatic rings. The number of methoxy groups -OCH3 is 1. The van der Waals surface area contributed by atoms with Gasteiger partial charge < -0.3 is 15.2 Å². The Morgan fingerprint density at radius 3 is 2.88 bits per heavy atom. The van der Waals surface area contributed by atoms with Gasteiger partial charge in [0.1, 0.15) is 5.75 Å². The van der Waals surface area contributed by atoms with Crippen LogP contribution in [0.15, 0.2) is 36.7 Å². The van der Waals surface area contributed by atoms with Crippen LogP contribution in [0.1, 0.15) is 32.3 Å². The summed E-state index contributed by atoms with van der Waals surface area (Å²) in [5, 5.41) is 17.7. The van der Waals surface area contributed by atoms with Gasteiger partial charge in [-0.1, -0.05) is 20.3 Å². The van der Waals surface area contributed by atoms with E-state index in [0.717, 1.165) is 17.7 Å². The Balaban J connectivity index is 2.10. The molecular formula is C18H25N3O3. The molecule has 1 heterocycles. The summed E-state index contributed by atoms with van der Waals surface area (Å²) in [5.41, 5.74) is 1.64. The molecule has 0 saturated carbocycles. The van der Waals surface area contributed by atoms with E-state index in [1.807, 2.05) is 24.4 Å². The second kappa shape index (κ2) is 8.49. The van der Waals surface area contributed by atoms with Crippen LogP contribution in [0.4, 0.5) is 0 Å².